The van der Waals surface area contributed by atoms with Gasteiger partial charge in [-0.2, -0.15) is 5.26 Å². The number of benzene rings is 8. The fourth-order valence-electron chi connectivity index (χ4n) is 8.50. The molecule has 0 spiro atoms. The smallest absolute Gasteiger partial charge is 0.161 e. The van der Waals surface area contributed by atoms with Gasteiger partial charge in [0.05, 0.1) is 27.8 Å². The van der Waals surface area contributed by atoms with Gasteiger partial charge in [0.25, 0.3) is 0 Å². The van der Waals surface area contributed by atoms with E-state index >= 15 is 0 Å². The van der Waals surface area contributed by atoms with Gasteiger partial charge < -0.3 is 8.98 Å². The first-order valence-electron chi connectivity index (χ1n) is 19.3. The minimum atomic E-state index is 0.430. The van der Waals surface area contributed by atoms with Crippen molar-refractivity contribution in [1.29, 1.82) is 5.26 Å². The third kappa shape index (κ3) is 5.31. The predicted molar refractivity (Wildman–Crippen MR) is 236 cm³/mol. The molecule has 0 saturated carbocycles. The van der Waals surface area contributed by atoms with Crippen molar-refractivity contribution in [3.05, 3.63) is 200 Å². The fourth-order valence-corrected chi connectivity index (χ4v) is 8.50. The molecular formula is C53H32N4O. The summed E-state index contributed by atoms with van der Waals surface area (Å²) in [5, 5.41) is 15.1. The molecule has 11 aromatic rings. The average Bonchev–Trinajstić information content (AvgIpc) is 3.85. The highest BCUT2D eigenvalue weighted by Crippen LogP contribution is 2.46. The quantitative estimate of drug-likeness (QED) is 0.170. The Labute approximate surface area is 334 Å². The SMILES string of the molecule is N#Cc1c(-c2ccccc2)nc(-c2cc(-n3c4ccccc4c4c5oc6ccccc6c5ccc43)cc(-c3ccccc3)c2-c2ccccc2)nc1-c1ccccc1. The van der Waals surface area contributed by atoms with Crippen LogP contribution in [0.4, 0.5) is 0 Å². The first-order valence-corrected chi connectivity index (χ1v) is 19.3. The molecule has 5 heteroatoms. The van der Waals surface area contributed by atoms with Crippen molar-refractivity contribution >= 4 is 43.7 Å². The number of nitrogens with zero attached hydrogens (tertiary/aromatic N) is 4. The number of para-hydroxylation sites is 2. The summed E-state index contributed by atoms with van der Waals surface area (Å²) in [6.07, 6.45) is 0. The first-order chi connectivity index (χ1) is 28.7. The summed E-state index contributed by atoms with van der Waals surface area (Å²) in [6.45, 7) is 0. The molecule has 0 aliphatic carbocycles. The minimum absolute atomic E-state index is 0.430. The maximum absolute atomic E-state index is 10.8. The Kier molecular flexibility index (Phi) is 7.80. The molecule has 0 fully saturated rings. The molecular weight excluding hydrogens is 709 g/mol. The molecule has 3 aromatic heterocycles. The number of fused-ring (bicyclic) bond motifs is 7. The zero-order chi connectivity index (χ0) is 38.6. The number of rotatable bonds is 6. The van der Waals surface area contributed by atoms with Gasteiger partial charge in [-0.05, 0) is 53.1 Å². The van der Waals surface area contributed by atoms with Crippen LogP contribution >= 0.6 is 0 Å². The van der Waals surface area contributed by atoms with Crippen LogP contribution in [0.1, 0.15) is 5.56 Å². The third-order valence-electron chi connectivity index (χ3n) is 11.1. The van der Waals surface area contributed by atoms with Crippen molar-refractivity contribution in [1.82, 2.24) is 14.5 Å². The van der Waals surface area contributed by atoms with Crippen LogP contribution in [0.5, 0.6) is 0 Å². The van der Waals surface area contributed by atoms with E-state index in [9.17, 15) is 5.26 Å². The van der Waals surface area contributed by atoms with Gasteiger partial charge in [0.15, 0.2) is 5.82 Å². The number of hydrogen-bond acceptors (Lipinski definition) is 4. The molecule has 8 aromatic carbocycles. The Morgan fingerprint density at radius 2 is 1.00 bits per heavy atom. The van der Waals surface area contributed by atoms with Crippen molar-refractivity contribution in [3.63, 3.8) is 0 Å². The molecule has 11 rings (SSSR count). The summed E-state index contributed by atoms with van der Waals surface area (Å²) in [5.41, 5.74) is 13.0. The average molecular weight is 741 g/mol. The molecule has 5 nitrogen and oxygen atoms in total. The summed E-state index contributed by atoms with van der Waals surface area (Å²) >= 11 is 0. The lowest BCUT2D eigenvalue weighted by Crippen LogP contribution is -2.04. The van der Waals surface area contributed by atoms with E-state index < -0.39 is 0 Å². The van der Waals surface area contributed by atoms with Crippen LogP contribution in [0.3, 0.4) is 0 Å². The largest absolute Gasteiger partial charge is 0.455 e. The van der Waals surface area contributed by atoms with Gasteiger partial charge in [0.2, 0.25) is 0 Å². The van der Waals surface area contributed by atoms with E-state index in [1.807, 2.05) is 84.9 Å². The molecule has 0 aliphatic heterocycles. The molecule has 0 aliphatic rings. The highest BCUT2D eigenvalue weighted by atomic mass is 16.3. The molecule has 0 N–H and O–H groups in total. The van der Waals surface area contributed by atoms with Crippen molar-refractivity contribution < 1.29 is 4.42 Å². The normalized spacial score (nSPS) is 11.4. The molecule has 270 valence electrons. The zero-order valence-corrected chi connectivity index (χ0v) is 31.2. The van der Waals surface area contributed by atoms with Crippen molar-refractivity contribution in [2.24, 2.45) is 0 Å². The highest BCUT2D eigenvalue weighted by molar-refractivity contribution is 6.24. The lowest BCUT2D eigenvalue weighted by Gasteiger charge is -2.20. The first kappa shape index (κ1) is 33.3. The molecule has 0 radical (unpaired) electrons. The zero-order valence-electron chi connectivity index (χ0n) is 31.2. The molecule has 0 unspecified atom stereocenters. The van der Waals surface area contributed by atoms with Gasteiger partial charge in [-0.3, -0.25) is 0 Å². The van der Waals surface area contributed by atoms with Crippen molar-refractivity contribution in [2.45, 2.75) is 0 Å². The summed E-state index contributed by atoms with van der Waals surface area (Å²) in [4.78, 5) is 10.7. The second kappa shape index (κ2) is 13.6. The predicted octanol–water partition coefficient (Wildman–Crippen LogP) is 13.7. The van der Waals surface area contributed by atoms with E-state index in [0.29, 0.717) is 22.8 Å². The molecule has 58 heavy (non-hydrogen) atoms. The summed E-state index contributed by atoms with van der Waals surface area (Å²) < 4.78 is 8.99. The van der Waals surface area contributed by atoms with Gasteiger partial charge in [-0.1, -0.05) is 158 Å². The van der Waals surface area contributed by atoms with Crippen LogP contribution < -0.4 is 0 Å². The minimum Gasteiger partial charge on any atom is -0.455 e. The second-order valence-electron chi connectivity index (χ2n) is 14.4. The van der Waals surface area contributed by atoms with Crippen LogP contribution in [0.25, 0.3) is 106 Å². The fraction of sp³-hybridized carbons (Fsp3) is 0. The van der Waals surface area contributed by atoms with E-state index in [1.54, 1.807) is 0 Å². The number of nitriles is 1. The Bertz CT molecular complexity index is 3320. The number of hydrogen-bond donors (Lipinski definition) is 0. The highest BCUT2D eigenvalue weighted by Gasteiger charge is 2.25. The van der Waals surface area contributed by atoms with E-state index in [2.05, 4.69) is 120 Å². The van der Waals surface area contributed by atoms with Crippen LogP contribution in [0.15, 0.2) is 199 Å². The Morgan fingerprint density at radius 3 is 1.64 bits per heavy atom. The summed E-state index contributed by atoms with van der Waals surface area (Å²) in [6, 6.07) is 69.0. The number of furan rings is 1. The maximum atomic E-state index is 10.8. The van der Waals surface area contributed by atoms with Gasteiger partial charge in [0, 0.05) is 44.1 Å². The van der Waals surface area contributed by atoms with Crippen LogP contribution in [0.2, 0.25) is 0 Å². The van der Waals surface area contributed by atoms with Crippen LogP contribution in [-0.2, 0) is 0 Å². The van der Waals surface area contributed by atoms with Crippen LogP contribution in [0, 0.1) is 11.3 Å². The van der Waals surface area contributed by atoms with Crippen LogP contribution in [-0.4, -0.2) is 14.5 Å². The van der Waals surface area contributed by atoms with Gasteiger partial charge in [-0.15, -0.1) is 0 Å². The lowest BCUT2D eigenvalue weighted by atomic mass is 9.89. The third-order valence-corrected chi connectivity index (χ3v) is 11.1. The maximum Gasteiger partial charge on any atom is 0.161 e. The van der Waals surface area contributed by atoms with E-state index in [-0.39, 0.29) is 0 Å². The molecule has 0 bridgehead atoms. The Morgan fingerprint density at radius 1 is 0.466 bits per heavy atom. The van der Waals surface area contributed by atoms with E-state index in [1.165, 1.54) is 0 Å². The standard InChI is InChI=1S/C53H32N4O/c54-33-44-50(36-21-9-3-10-22-36)55-53(56-51(44)37-23-11-4-12-24-37)43-32-38(31-42(34-17-5-1-6-18-34)48(43)35-19-7-2-8-20-35)57-45-27-15-13-26-41(45)49-46(57)30-29-40-39-25-14-16-28-47(39)58-52(40)49/h1-32H. The molecule has 3 heterocycles. The monoisotopic (exact) mass is 740 g/mol. The molecule has 0 saturated heterocycles. The second-order valence-corrected chi connectivity index (χ2v) is 14.4. The Balaban J connectivity index is 1.29. The topological polar surface area (TPSA) is 67.6 Å². The summed E-state index contributed by atoms with van der Waals surface area (Å²) in [5.74, 6) is 0.523. The molecule has 0 amide bonds. The van der Waals surface area contributed by atoms with Gasteiger partial charge >= 0.3 is 0 Å². The molecule has 0 atom stereocenters. The Hall–Kier alpha value is -8.07. The summed E-state index contributed by atoms with van der Waals surface area (Å²) in [7, 11) is 0. The van der Waals surface area contributed by atoms with Crippen molar-refractivity contribution in [2.75, 3.05) is 0 Å². The van der Waals surface area contributed by atoms with Gasteiger partial charge in [0.1, 0.15) is 22.8 Å². The number of aromatic nitrogens is 3. The van der Waals surface area contributed by atoms with E-state index in [0.717, 1.165) is 88.4 Å². The van der Waals surface area contributed by atoms with E-state index in [4.69, 9.17) is 14.4 Å². The van der Waals surface area contributed by atoms with Gasteiger partial charge in [-0.25, -0.2) is 9.97 Å². The van der Waals surface area contributed by atoms with Crippen molar-refractivity contribution in [3.8, 4) is 67.9 Å². The lowest BCUT2D eigenvalue weighted by molar-refractivity contribution is 0.673.